The molecule has 0 aliphatic carbocycles. The molecule has 1 aliphatic rings. The number of esters is 4. The van der Waals surface area contributed by atoms with E-state index in [-0.39, 0.29) is 11.7 Å². The molecule has 2 N–H and O–H groups in total. The summed E-state index contributed by atoms with van der Waals surface area (Å²) in [6.45, 7) is 4.29. The summed E-state index contributed by atoms with van der Waals surface area (Å²) in [6, 6.07) is 16.2. The van der Waals surface area contributed by atoms with E-state index in [2.05, 4.69) is 10.6 Å². The van der Waals surface area contributed by atoms with Crippen molar-refractivity contribution in [2.45, 2.75) is 58.3 Å². The van der Waals surface area contributed by atoms with Crippen LogP contribution in [0.4, 0.5) is 5.69 Å². The first kappa shape index (κ1) is 30.3. The largest absolute Gasteiger partial charge is 0.463 e. The number of carbonyl (C=O) groups is 4. The molecule has 214 valence electrons. The predicted octanol–water partition coefficient (Wildman–Crippen LogP) is 2.85. The maximum atomic E-state index is 12.0. The zero-order valence-electron chi connectivity index (χ0n) is 22.3. The molecule has 0 saturated carbocycles. The average molecular weight is 575 g/mol. The number of hydrogen-bond acceptors (Lipinski definition) is 11. The normalized spacial score (nSPS) is 21.8. The minimum absolute atomic E-state index is 0.0672. The number of carbonyl (C=O) groups excluding carboxylic acids is 4. The van der Waals surface area contributed by atoms with Gasteiger partial charge in [0.1, 0.15) is 24.2 Å². The van der Waals surface area contributed by atoms with Gasteiger partial charge in [-0.05, 0) is 48.6 Å². The van der Waals surface area contributed by atoms with Gasteiger partial charge in [0.15, 0.2) is 29.7 Å². The van der Waals surface area contributed by atoms with E-state index < -0.39 is 54.5 Å². The maximum absolute atomic E-state index is 12.0. The Bertz CT molecular complexity index is 1210. The van der Waals surface area contributed by atoms with Crippen LogP contribution in [0.3, 0.4) is 0 Å². The van der Waals surface area contributed by atoms with Crippen molar-refractivity contribution in [2.75, 3.05) is 11.9 Å². The highest BCUT2D eigenvalue weighted by molar-refractivity contribution is 7.80. The van der Waals surface area contributed by atoms with E-state index in [1.165, 1.54) is 6.92 Å². The third kappa shape index (κ3) is 9.20. The van der Waals surface area contributed by atoms with Gasteiger partial charge in [0.05, 0.1) is 0 Å². The highest BCUT2D eigenvalue weighted by Crippen LogP contribution is 2.29. The summed E-state index contributed by atoms with van der Waals surface area (Å²) < 4.78 is 33.0. The quantitative estimate of drug-likeness (QED) is 0.257. The summed E-state index contributed by atoms with van der Waals surface area (Å²) in [5, 5.41) is 5.94. The molecule has 1 heterocycles. The zero-order valence-corrected chi connectivity index (χ0v) is 23.1. The van der Waals surface area contributed by atoms with Gasteiger partial charge in [-0.3, -0.25) is 19.2 Å². The van der Waals surface area contributed by atoms with Crippen molar-refractivity contribution in [1.82, 2.24) is 5.32 Å². The van der Waals surface area contributed by atoms with Crippen LogP contribution < -0.4 is 15.4 Å². The number of thiocarbonyl (C=S) groups is 1. The minimum Gasteiger partial charge on any atom is -0.463 e. The molecule has 2 aromatic carbocycles. The second kappa shape index (κ2) is 14.2. The third-order valence-electron chi connectivity index (χ3n) is 5.36. The standard InChI is InChI=1S/C27H30N2O10S/c1-15(30)34-14-22-23(35-16(2)31)24(36-17(3)32)25(37-18(4)33)26(39-22)29-27(40)28-19-10-12-21(13-11-19)38-20-8-6-5-7-9-20/h5-13,22-26H,14H2,1-4H3,(H2,28,29,40)/t22-,23-,24+,25-,26-/m1/s1. The summed E-state index contributed by atoms with van der Waals surface area (Å²) in [7, 11) is 0. The first-order chi connectivity index (χ1) is 19.0. The van der Waals surface area contributed by atoms with E-state index in [0.29, 0.717) is 17.2 Å². The Hall–Kier alpha value is -4.23. The zero-order chi connectivity index (χ0) is 29.2. The number of benzene rings is 2. The van der Waals surface area contributed by atoms with Crippen molar-refractivity contribution < 1.29 is 47.6 Å². The first-order valence-corrected chi connectivity index (χ1v) is 12.6. The Morgan fingerprint density at radius 1 is 0.750 bits per heavy atom. The SMILES string of the molecule is CC(=O)OC[C@H]1O[C@@H](NC(=S)Nc2ccc(Oc3ccccc3)cc2)[C@H](OC(C)=O)[C@@H](OC(C)=O)[C@@H]1OC(C)=O. The van der Waals surface area contributed by atoms with E-state index in [1.54, 1.807) is 24.3 Å². The Labute approximate surface area is 236 Å². The molecule has 13 heteroatoms. The fraction of sp³-hybridized carbons (Fsp3) is 0.370. The van der Waals surface area contributed by atoms with Crippen molar-refractivity contribution in [3.8, 4) is 11.5 Å². The fourth-order valence-electron chi connectivity index (χ4n) is 3.87. The van der Waals surface area contributed by atoms with Crippen LogP contribution in [-0.4, -0.2) is 66.2 Å². The molecule has 2 aromatic rings. The summed E-state index contributed by atoms with van der Waals surface area (Å²) in [6.07, 6.45) is -6.16. The van der Waals surface area contributed by atoms with Crippen molar-refractivity contribution >= 4 is 46.9 Å². The molecule has 12 nitrogen and oxygen atoms in total. The van der Waals surface area contributed by atoms with Crippen LogP contribution in [0, 0.1) is 0 Å². The molecule has 3 rings (SSSR count). The number of ether oxygens (including phenoxy) is 6. The van der Waals surface area contributed by atoms with Crippen LogP contribution in [0.15, 0.2) is 54.6 Å². The van der Waals surface area contributed by atoms with Crippen LogP contribution in [0.1, 0.15) is 27.7 Å². The molecule has 0 spiro atoms. The Morgan fingerprint density at radius 3 is 1.88 bits per heavy atom. The maximum Gasteiger partial charge on any atom is 0.303 e. The summed E-state index contributed by atoms with van der Waals surface area (Å²) in [4.78, 5) is 47.3. The second-order valence-corrected chi connectivity index (χ2v) is 9.07. The molecule has 0 unspecified atom stereocenters. The molecular weight excluding hydrogens is 544 g/mol. The molecule has 1 fully saturated rings. The van der Waals surface area contributed by atoms with Gasteiger partial charge in [0.2, 0.25) is 0 Å². The Kier molecular flexibility index (Phi) is 10.8. The van der Waals surface area contributed by atoms with Crippen molar-refractivity contribution in [2.24, 2.45) is 0 Å². The lowest BCUT2D eigenvalue weighted by Gasteiger charge is -2.44. The molecule has 1 aliphatic heterocycles. The van der Waals surface area contributed by atoms with Gasteiger partial charge in [0, 0.05) is 33.4 Å². The predicted molar refractivity (Wildman–Crippen MR) is 144 cm³/mol. The lowest BCUT2D eigenvalue weighted by atomic mass is 9.97. The topological polar surface area (TPSA) is 148 Å². The highest BCUT2D eigenvalue weighted by atomic mass is 32.1. The molecule has 0 radical (unpaired) electrons. The van der Waals surface area contributed by atoms with Crippen LogP contribution in [0.2, 0.25) is 0 Å². The summed E-state index contributed by atoms with van der Waals surface area (Å²) in [5.41, 5.74) is 0.601. The molecule has 1 saturated heterocycles. The van der Waals surface area contributed by atoms with Gasteiger partial charge in [-0.15, -0.1) is 0 Å². The van der Waals surface area contributed by atoms with Crippen LogP contribution in [0.5, 0.6) is 11.5 Å². The monoisotopic (exact) mass is 574 g/mol. The van der Waals surface area contributed by atoms with E-state index in [0.717, 1.165) is 20.8 Å². The van der Waals surface area contributed by atoms with Gasteiger partial charge in [-0.25, -0.2) is 0 Å². The first-order valence-electron chi connectivity index (χ1n) is 12.2. The Morgan fingerprint density at radius 2 is 1.30 bits per heavy atom. The number of anilines is 1. The minimum atomic E-state index is -1.31. The lowest BCUT2D eigenvalue weighted by molar-refractivity contribution is -0.254. The smallest absolute Gasteiger partial charge is 0.303 e. The molecular formula is C27H30N2O10S. The number of para-hydroxylation sites is 1. The lowest BCUT2D eigenvalue weighted by Crippen LogP contribution is -2.66. The highest BCUT2D eigenvalue weighted by Gasteiger charge is 2.52. The number of rotatable bonds is 9. The Balaban J connectivity index is 1.79. The average Bonchev–Trinajstić information content (AvgIpc) is 2.87. The van der Waals surface area contributed by atoms with E-state index in [4.69, 9.17) is 40.6 Å². The van der Waals surface area contributed by atoms with Crippen molar-refractivity contribution in [1.29, 1.82) is 0 Å². The van der Waals surface area contributed by atoms with Gasteiger partial charge in [-0.1, -0.05) is 18.2 Å². The molecule has 0 aromatic heterocycles. The van der Waals surface area contributed by atoms with Crippen molar-refractivity contribution in [3.05, 3.63) is 54.6 Å². The second-order valence-electron chi connectivity index (χ2n) is 8.66. The van der Waals surface area contributed by atoms with E-state index in [1.807, 2.05) is 30.3 Å². The van der Waals surface area contributed by atoms with Gasteiger partial charge < -0.3 is 39.1 Å². The third-order valence-corrected chi connectivity index (χ3v) is 5.58. The van der Waals surface area contributed by atoms with E-state index >= 15 is 0 Å². The van der Waals surface area contributed by atoms with Gasteiger partial charge in [-0.2, -0.15) is 0 Å². The van der Waals surface area contributed by atoms with Crippen molar-refractivity contribution in [3.63, 3.8) is 0 Å². The van der Waals surface area contributed by atoms with Gasteiger partial charge in [0.25, 0.3) is 0 Å². The van der Waals surface area contributed by atoms with Crippen LogP contribution in [-0.2, 0) is 42.9 Å². The van der Waals surface area contributed by atoms with Crippen LogP contribution >= 0.6 is 12.2 Å². The fourth-order valence-corrected chi connectivity index (χ4v) is 4.11. The molecule has 0 bridgehead atoms. The molecule has 5 atom stereocenters. The number of hydrogen-bond donors (Lipinski definition) is 2. The van der Waals surface area contributed by atoms with Gasteiger partial charge >= 0.3 is 23.9 Å². The summed E-state index contributed by atoms with van der Waals surface area (Å²) in [5.74, 6) is -1.49. The number of nitrogens with one attached hydrogen (secondary N) is 2. The molecule has 40 heavy (non-hydrogen) atoms. The van der Waals surface area contributed by atoms with Crippen LogP contribution in [0.25, 0.3) is 0 Å². The molecule has 0 amide bonds. The van der Waals surface area contributed by atoms with E-state index in [9.17, 15) is 19.2 Å². The summed E-state index contributed by atoms with van der Waals surface area (Å²) >= 11 is 5.44.